The van der Waals surface area contributed by atoms with E-state index in [2.05, 4.69) is 10.3 Å². The molecule has 32 heavy (non-hydrogen) atoms. The summed E-state index contributed by atoms with van der Waals surface area (Å²) < 4.78 is 5.15. The van der Waals surface area contributed by atoms with Crippen LogP contribution in [0.3, 0.4) is 0 Å². The van der Waals surface area contributed by atoms with Crippen molar-refractivity contribution in [2.24, 2.45) is 0 Å². The predicted molar refractivity (Wildman–Crippen MR) is 123 cm³/mol. The molecule has 0 aliphatic carbocycles. The number of ketones is 1. The summed E-state index contributed by atoms with van der Waals surface area (Å²) in [5.41, 5.74) is 2.47. The van der Waals surface area contributed by atoms with Crippen LogP contribution in [0.15, 0.2) is 90.3 Å². The van der Waals surface area contributed by atoms with Gasteiger partial charge in [0.05, 0.1) is 11.3 Å². The van der Waals surface area contributed by atoms with Crippen molar-refractivity contribution in [3.63, 3.8) is 0 Å². The third kappa shape index (κ3) is 4.96. The van der Waals surface area contributed by atoms with Crippen LogP contribution in [-0.2, 0) is 9.53 Å². The van der Waals surface area contributed by atoms with E-state index in [0.29, 0.717) is 10.7 Å². The number of aromatic nitrogens is 1. The van der Waals surface area contributed by atoms with E-state index in [0.717, 1.165) is 11.3 Å². The minimum Gasteiger partial charge on any atom is -0.452 e. The van der Waals surface area contributed by atoms with Gasteiger partial charge in [-0.3, -0.25) is 14.9 Å². The van der Waals surface area contributed by atoms with Gasteiger partial charge < -0.3 is 4.74 Å². The van der Waals surface area contributed by atoms with Crippen molar-refractivity contribution in [1.82, 2.24) is 4.98 Å². The SMILES string of the molecule is O=C(COC(=O)c1ccccc1C(=O)c1ccccc1)Nc1nc(-c2ccccc2)cs1. The van der Waals surface area contributed by atoms with Crippen molar-refractivity contribution in [2.45, 2.75) is 0 Å². The van der Waals surface area contributed by atoms with Crippen LogP contribution in [0.1, 0.15) is 26.3 Å². The topological polar surface area (TPSA) is 85.4 Å². The second-order valence-corrected chi connectivity index (χ2v) is 7.63. The van der Waals surface area contributed by atoms with Crippen molar-refractivity contribution >= 4 is 34.1 Å². The maximum atomic E-state index is 12.8. The van der Waals surface area contributed by atoms with Crippen LogP contribution in [0.25, 0.3) is 11.3 Å². The van der Waals surface area contributed by atoms with Gasteiger partial charge in [-0.2, -0.15) is 0 Å². The average Bonchev–Trinajstić information content (AvgIpc) is 3.31. The number of nitrogens with one attached hydrogen (secondary N) is 1. The molecular formula is C25H18N2O4S. The van der Waals surface area contributed by atoms with Crippen molar-refractivity contribution in [2.75, 3.05) is 11.9 Å². The molecule has 0 saturated heterocycles. The first-order chi connectivity index (χ1) is 15.6. The monoisotopic (exact) mass is 442 g/mol. The van der Waals surface area contributed by atoms with Crippen LogP contribution < -0.4 is 5.32 Å². The molecule has 7 heteroatoms. The molecule has 6 nitrogen and oxygen atoms in total. The first-order valence-corrected chi connectivity index (χ1v) is 10.7. The average molecular weight is 442 g/mol. The molecule has 1 heterocycles. The lowest BCUT2D eigenvalue weighted by Gasteiger charge is -2.09. The first-order valence-electron chi connectivity index (χ1n) is 9.78. The number of anilines is 1. The Morgan fingerprint density at radius 1 is 0.812 bits per heavy atom. The van der Waals surface area contributed by atoms with Gasteiger partial charge in [0, 0.05) is 22.1 Å². The molecule has 0 unspecified atom stereocenters. The number of carbonyl (C=O) groups is 3. The highest BCUT2D eigenvalue weighted by molar-refractivity contribution is 7.14. The summed E-state index contributed by atoms with van der Waals surface area (Å²) in [6.45, 7) is -0.493. The normalized spacial score (nSPS) is 10.4. The number of rotatable bonds is 7. The van der Waals surface area contributed by atoms with Crippen molar-refractivity contribution in [1.29, 1.82) is 0 Å². The van der Waals surface area contributed by atoms with E-state index in [4.69, 9.17) is 4.74 Å². The van der Waals surface area contributed by atoms with Crippen molar-refractivity contribution in [3.05, 3.63) is 107 Å². The number of carbonyl (C=O) groups excluding carboxylic acids is 3. The molecule has 158 valence electrons. The van der Waals surface area contributed by atoms with E-state index in [-0.39, 0.29) is 16.9 Å². The minimum absolute atomic E-state index is 0.106. The molecule has 1 aromatic heterocycles. The Kier molecular flexibility index (Phi) is 6.48. The summed E-state index contributed by atoms with van der Waals surface area (Å²) in [5, 5.41) is 4.87. The van der Waals surface area contributed by atoms with E-state index in [1.807, 2.05) is 35.7 Å². The minimum atomic E-state index is -0.746. The molecule has 0 aliphatic rings. The highest BCUT2D eigenvalue weighted by Crippen LogP contribution is 2.24. The number of benzene rings is 3. The summed E-state index contributed by atoms with van der Waals surface area (Å²) >= 11 is 1.28. The number of esters is 1. The number of nitrogens with zero attached hydrogens (tertiary/aromatic N) is 1. The number of hydrogen-bond donors (Lipinski definition) is 1. The lowest BCUT2D eigenvalue weighted by Crippen LogP contribution is -2.22. The lowest BCUT2D eigenvalue weighted by atomic mass is 9.98. The summed E-state index contributed by atoms with van der Waals surface area (Å²) in [6.07, 6.45) is 0. The zero-order chi connectivity index (χ0) is 22.3. The van der Waals surface area contributed by atoms with Gasteiger partial charge in [-0.25, -0.2) is 9.78 Å². The molecule has 4 rings (SSSR count). The molecule has 0 atom stereocenters. The van der Waals surface area contributed by atoms with Crippen LogP contribution in [0.5, 0.6) is 0 Å². The Morgan fingerprint density at radius 2 is 1.44 bits per heavy atom. The first kappa shape index (κ1) is 21.1. The molecule has 0 fully saturated rings. The Labute approximate surface area is 188 Å². The van der Waals surface area contributed by atoms with Gasteiger partial charge in [0.15, 0.2) is 17.5 Å². The van der Waals surface area contributed by atoms with Crippen LogP contribution >= 0.6 is 11.3 Å². The van der Waals surface area contributed by atoms with Crippen LogP contribution in [-0.4, -0.2) is 29.3 Å². The molecular weight excluding hydrogens is 424 g/mol. The third-order valence-electron chi connectivity index (χ3n) is 4.58. The molecule has 0 radical (unpaired) electrons. The summed E-state index contributed by atoms with van der Waals surface area (Å²) in [7, 11) is 0. The van der Waals surface area contributed by atoms with Gasteiger partial charge in [0.25, 0.3) is 5.91 Å². The molecule has 0 aliphatic heterocycles. The van der Waals surface area contributed by atoms with Gasteiger partial charge >= 0.3 is 5.97 Å². The second-order valence-electron chi connectivity index (χ2n) is 6.77. The Bertz CT molecular complexity index is 1250. The van der Waals surface area contributed by atoms with Crippen molar-refractivity contribution < 1.29 is 19.1 Å². The van der Waals surface area contributed by atoms with Gasteiger partial charge in [0.1, 0.15) is 0 Å². The smallest absolute Gasteiger partial charge is 0.339 e. The van der Waals surface area contributed by atoms with Crippen molar-refractivity contribution in [3.8, 4) is 11.3 Å². The van der Waals surface area contributed by atoms with Gasteiger partial charge in [-0.05, 0) is 6.07 Å². The molecule has 1 amide bonds. The largest absolute Gasteiger partial charge is 0.452 e. The Morgan fingerprint density at radius 3 is 2.16 bits per heavy atom. The number of thiazole rings is 1. The zero-order valence-corrected chi connectivity index (χ0v) is 17.7. The molecule has 0 bridgehead atoms. The summed E-state index contributed by atoms with van der Waals surface area (Å²) in [4.78, 5) is 42.0. The highest BCUT2D eigenvalue weighted by atomic mass is 32.1. The van der Waals surface area contributed by atoms with E-state index < -0.39 is 18.5 Å². The fraction of sp³-hybridized carbons (Fsp3) is 0.0400. The van der Waals surface area contributed by atoms with E-state index >= 15 is 0 Å². The lowest BCUT2D eigenvalue weighted by molar-refractivity contribution is -0.119. The third-order valence-corrected chi connectivity index (χ3v) is 5.34. The quantitative estimate of drug-likeness (QED) is 0.327. The number of ether oxygens (including phenoxy) is 1. The molecule has 0 spiro atoms. The van der Waals surface area contributed by atoms with Crippen LogP contribution in [0, 0.1) is 0 Å². The van der Waals surface area contributed by atoms with Gasteiger partial charge in [-0.15, -0.1) is 11.3 Å². The van der Waals surface area contributed by atoms with Crippen LogP contribution in [0.4, 0.5) is 5.13 Å². The van der Waals surface area contributed by atoms with E-state index in [9.17, 15) is 14.4 Å². The van der Waals surface area contributed by atoms with E-state index in [1.54, 1.807) is 48.5 Å². The number of hydrogen-bond acceptors (Lipinski definition) is 6. The van der Waals surface area contributed by atoms with Crippen LogP contribution in [0.2, 0.25) is 0 Å². The molecule has 3 aromatic carbocycles. The second kappa shape index (κ2) is 9.80. The zero-order valence-electron chi connectivity index (χ0n) is 16.9. The molecule has 1 N–H and O–H groups in total. The predicted octanol–water partition coefficient (Wildman–Crippen LogP) is 4.84. The van der Waals surface area contributed by atoms with E-state index in [1.165, 1.54) is 17.4 Å². The molecule has 4 aromatic rings. The summed E-state index contributed by atoms with van der Waals surface area (Å²) in [6, 6.07) is 24.6. The maximum Gasteiger partial charge on any atom is 0.339 e. The standard InChI is InChI=1S/C25H18N2O4S/c28-22(27-25-26-21(16-32-25)17-9-3-1-4-10-17)15-31-24(30)20-14-8-7-13-19(20)23(29)18-11-5-2-6-12-18/h1-14,16H,15H2,(H,26,27,28). The molecule has 0 saturated carbocycles. The van der Waals surface area contributed by atoms with Gasteiger partial charge in [0.2, 0.25) is 0 Å². The maximum absolute atomic E-state index is 12.8. The number of amides is 1. The summed E-state index contributed by atoms with van der Waals surface area (Å²) in [5.74, 6) is -1.55. The Balaban J connectivity index is 1.39. The Hall–Kier alpha value is -4.10. The fourth-order valence-electron chi connectivity index (χ4n) is 3.04. The fourth-order valence-corrected chi connectivity index (χ4v) is 3.78. The van der Waals surface area contributed by atoms with Gasteiger partial charge in [-0.1, -0.05) is 78.9 Å². The highest BCUT2D eigenvalue weighted by Gasteiger charge is 2.20.